The van der Waals surface area contributed by atoms with E-state index in [-0.39, 0.29) is 11.1 Å². The Morgan fingerprint density at radius 1 is 0.842 bits per heavy atom. The van der Waals surface area contributed by atoms with Crippen molar-refractivity contribution in [1.29, 1.82) is 0 Å². The molecule has 0 atom stereocenters. The normalized spacial score (nSPS) is 14.4. The molecule has 1 saturated heterocycles. The SMILES string of the molecule is Cc1ccc2c(C(=O)c3ccc(OCCN4CCCCCC4)cc3)c(-c3c(F)ccc(F)c3F)ccc2c1. The Kier molecular flexibility index (Phi) is 7.79. The molecular formula is C32H30F3NO2. The van der Waals surface area contributed by atoms with Crippen LogP contribution < -0.4 is 4.74 Å². The van der Waals surface area contributed by atoms with Gasteiger partial charge >= 0.3 is 0 Å². The molecule has 0 unspecified atom stereocenters. The molecule has 1 fully saturated rings. The summed E-state index contributed by atoms with van der Waals surface area (Å²) in [4.78, 5) is 16.2. The number of hydrogen-bond acceptors (Lipinski definition) is 3. The lowest BCUT2D eigenvalue weighted by Crippen LogP contribution is -2.29. The van der Waals surface area contributed by atoms with E-state index in [2.05, 4.69) is 4.90 Å². The molecule has 0 radical (unpaired) electrons. The Bertz CT molecular complexity index is 1460. The number of nitrogens with zero attached hydrogens (tertiary/aromatic N) is 1. The first-order chi connectivity index (χ1) is 18.4. The maximum atomic E-state index is 14.8. The number of aryl methyl sites for hydroxylation is 1. The van der Waals surface area contributed by atoms with Crippen molar-refractivity contribution >= 4 is 16.6 Å². The molecule has 0 aromatic heterocycles. The fraction of sp³-hybridized carbons (Fsp3) is 0.281. The summed E-state index contributed by atoms with van der Waals surface area (Å²) in [6.07, 6.45) is 5.00. The third-order valence-electron chi connectivity index (χ3n) is 7.21. The fourth-order valence-electron chi connectivity index (χ4n) is 5.18. The van der Waals surface area contributed by atoms with Gasteiger partial charge in [0.1, 0.15) is 18.2 Å². The number of rotatable bonds is 7. The van der Waals surface area contributed by atoms with Crippen LogP contribution >= 0.6 is 0 Å². The summed E-state index contributed by atoms with van der Waals surface area (Å²) >= 11 is 0. The fourth-order valence-corrected chi connectivity index (χ4v) is 5.18. The van der Waals surface area contributed by atoms with Gasteiger partial charge in [0.15, 0.2) is 17.4 Å². The molecule has 0 N–H and O–H groups in total. The molecule has 0 spiro atoms. The molecule has 38 heavy (non-hydrogen) atoms. The minimum atomic E-state index is -1.32. The molecule has 0 saturated carbocycles. The molecule has 6 heteroatoms. The van der Waals surface area contributed by atoms with Gasteiger partial charge in [0.2, 0.25) is 0 Å². The van der Waals surface area contributed by atoms with Crippen molar-refractivity contribution in [2.45, 2.75) is 32.6 Å². The Balaban J connectivity index is 1.45. The van der Waals surface area contributed by atoms with Crippen molar-refractivity contribution in [1.82, 2.24) is 4.90 Å². The molecule has 4 aromatic carbocycles. The smallest absolute Gasteiger partial charge is 0.194 e. The zero-order valence-electron chi connectivity index (χ0n) is 21.4. The van der Waals surface area contributed by atoms with Crippen LogP contribution in [0.4, 0.5) is 13.2 Å². The topological polar surface area (TPSA) is 29.5 Å². The number of ketones is 1. The number of carbonyl (C=O) groups is 1. The van der Waals surface area contributed by atoms with Crippen LogP contribution in [0, 0.1) is 24.4 Å². The van der Waals surface area contributed by atoms with Crippen LogP contribution in [-0.2, 0) is 0 Å². The van der Waals surface area contributed by atoms with E-state index in [4.69, 9.17) is 4.74 Å². The van der Waals surface area contributed by atoms with Crippen molar-refractivity contribution in [2.24, 2.45) is 0 Å². The Hall–Kier alpha value is -3.64. The van der Waals surface area contributed by atoms with Crippen LogP contribution in [0.2, 0.25) is 0 Å². The first kappa shape index (κ1) is 26.0. The van der Waals surface area contributed by atoms with Gasteiger partial charge < -0.3 is 4.74 Å². The summed E-state index contributed by atoms with van der Waals surface area (Å²) in [5.41, 5.74) is 0.911. The average molecular weight is 518 g/mol. The lowest BCUT2D eigenvalue weighted by molar-refractivity contribution is 0.104. The Labute approximate surface area is 220 Å². The third kappa shape index (κ3) is 5.46. The van der Waals surface area contributed by atoms with E-state index in [9.17, 15) is 18.0 Å². The Morgan fingerprint density at radius 3 is 2.29 bits per heavy atom. The number of hydrogen-bond donors (Lipinski definition) is 0. The predicted octanol–water partition coefficient (Wildman–Crippen LogP) is 7.72. The number of carbonyl (C=O) groups excluding carboxylic acids is 1. The van der Waals surface area contributed by atoms with Crippen molar-refractivity contribution in [2.75, 3.05) is 26.2 Å². The van der Waals surface area contributed by atoms with Crippen molar-refractivity contribution in [3.8, 4) is 16.9 Å². The van der Waals surface area contributed by atoms with Gasteiger partial charge in [-0.25, -0.2) is 13.2 Å². The molecular weight excluding hydrogens is 487 g/mol. The zero-order valence-corrected chi connectivity index (χ0v) is 21.4. The summed E-state index contributed by atoms with van der Waals surface area (Å²) in [6.45, 7) is 5.52. The van der Waals surface area contributed by atoms with E-state index in [0.29, 0.717) is 23.3 Å². The van der Waals surface area contributed by atoms with E-state index in [0.717, 1.165) is 42.7 Å². The van der Waals surface area contributed by atoms with E-state index in [1.807, 2.05) is 19.1 Å². The summed E-state index contributed by atoms with van der Waals surface area (Å²) in [6, 6.07) is 17.1. The van der Waals surface area contributed by atoms with Gasteiger partial charge in [-0.1, -0.05) is 48.7 Å². The van der Waals surface area contributed by atoms with Gasteiger partial charge in [-0.05, 0) is 85.6 Å². The minimum Gasteiger partial charge on any atom is -0.492 e. The quantitative estimate of drug-likeness (QED) is 0.186. The second-order valence-corrected chi connectivity index (χ2v) is 9.89. The number of ether oxygens (including phenoxy) is 1. The number of likely N-dealkylation sites (tertiary alicyclic amines) is 1. The monoisotopic (exact) mass is 517 g/mol. The second kappa shape index (κ2) is 11.4. The molecule has 1 heterocycles. The van der Waals surface area contributed by atoms with Crippen LogP contribution in [0.15, 0.2) is 66.7 Å². The number of halogens is 3. The maximum absolute atomic E-state index is 14.8. The van der Waals surface area contributed by atoms with E-state index < -0.39 is 28.8 Å². The van der Waals surface area contributed by atoms with Crippen LogP contribution in [0.25, 0.3) is 21.9 Å². The predicted molar refractivity (Wildman–Crippen MR) is 144 cm³/mol. The van der Waals surface area contributed by atoms with Crippen molar-refractivity contribution in [3.05, 3.63) is 101 Å². The molecule has 0 aliphatic carbocycles. The first-order valence-corrected chi connectivity index (χ1v) is 13.1. The molecule has 3 nitrogen and oxygen atoms in total. The summed E-state index contributed by atoms with van der Waals surface area (Å²) in [7, 11) is 0. The molecule has 196 valence electrons. The summed E-state index contributed by atoms with van der Waals surface area (Å²) < 4.78 is 49.7. The Morgan fingerprint density at radius 2 is 1.55 bits per heavy atom. The van der Waals surface area contributed by atoms with E-state index in [1.165, 1.54) is 31.7 Å². The highest BCUT2D eigenvalue weighted by Crippen LogP contribution is 2.36. The maximum Gasteiger partial charge on any atom is 0.194 e. The van der Waals surface area contributed by atoms with E-state index in [1.54, 1.807) is 36.4 Å². The molecule has 4 aromatic rings. The summed E-state index contributed by atoms with van der Waals surface area (Å²) in [5, 5.41) is 1.29. The van der Waals surface area contributed by atoms with Crippen LogP contribution in [0.5, 0.6) is 5.75 Å². The lowest BCUT2D eigenvalue weighted by Gasteiger charge is -2.19. The zero-order chi connectivity index (χ0) is 26.6. The van der Waals surface area contributed by atoms with Gasteiger partial charge in [0.25, 0.3) is 0 Å². The number of fused-ring (bicyclic) bond motifs is 1. The van der Waals surface area contributed by atoms with Gasteiger partial charge in [0, 0.05) is 17.7 Å². The largest absolute Gasteiger partial charge is 0.492 e. The van der Waals surface area contributed by atoms with E-state index >= 15 is 0 Å². The van der Waals surface area contributed by atoms with Crippen LogP contribution in [0.1, 0.15) is 47.2 Å². The minimum absolute atomic E-state index is 0.0126. The molecule has 5 rings (SSSR count). The van der Waals surface area contributed by atoms with Gasteiger partial charge in [-0.2, -0.15) is 0 Å². The van der Waals surface area contributed by atoms with Gasteiger partial charge in [-0.3, -0.25) is 9.69 Å². The lowest BCUT2D eigenvalue weighted by atomic mass is 9.88. The number of benzene rings is 4. The highest BCUT2D eigenvalue weighted by atomic mass is 19.2. The van der Waals surface area contributed by atoms with Gasteiger partial charge in [-0.15, -0.1) is 0 Å². The van der Waals surface area contributed by atoms with Crippen molar-refractivity contribution < 1.29 is 22.7 Å². The van der Waals surface area contributed by atoms with Crippen molar-refractivity contribution in [3.63, 3.8) is 0 Å². The average Bonchev–Trinajstić information content (AvgIpc) is 3.20. The molecule has 0 bridgehead atoms. The highest BCUT2D eigenvalue weighted by Gasteiger charge is 2.24. The standard InChI is InChI=1S/C32H30F3NO2/c1-21-6-12-25-23(20-21)9-13-26(30-27(33)14-15-28(34)31(30)35)29(25)32(37)22-7-10-24(11-8-22)38-19-18-36-16-4-2-3-5-17-36/h6-15,20H,2-5,16-19H2,1H3. The second-order valence-electron chi connectivity index (χ2n) is 9.89. The summed E-state index contributed by atoms with van der Waals surface area (Å²) in [5.74, 6) is -3.19. The van der Waals surface area contributed by atoms with Crippen LogP contribution in [-0.4, -0.2) is 36.9 Å². The molecule has 1 aliphatic heterocycles. The van der Waals surface area contributed by atoms with Crippen LogP contribution in [0.3, 0.4) is 0 Å². The first-order valence-electron chi connectivity index (χ1n) is 13.1. The third-order valence-corrected chi connectivity index (χ3v) is 7.21. The molecule has 0 amide bonds. The van der Waals surface area contributed by atoms with Gasteiger partial charge in [0.05, 0.1) is 5.56 Å². The molecule has 1 aliphatic rings. The highest BCUT2D eigenvalue weighted by molar-refractivity contribution is 6.20.